The number of aromatic nitrogens is 2. The SMILES string of the molecule is Nc1cc(N)nc(SCC(=O)Nc2ccccc2-c2ccccc2)n1. The average molecular weight is 351 g/mol. The number of amides is 1. The number of anilines is 3. The van der Waals surface area contributed by atoms with Gasteiger partial charge >= 0.3 is 0 Å². The molecule has 0 unspecified atom stereocenters. The molecule has 0 radical (unpaired) electrons. The van der Waals surface area contributed by atoms with Crippen molar-refractivity contribution in [3.63, 3.8) is 0 Å². The van der Waals surface area contributed by atoms with Crippen molar-refractivity contribution in [2.45, 2.75) is 5.16 Å². The molecule has 1 heterocycles. The first-order valence-electron chi connectivity index (χ1n) is 7.59. The third-order valence-corrected chi connectivity index (χ3v) is 4.21. The molecule has 0 aliphatic carbocycles. The standard InChI is InChI=1S/C18H17N5OS/c19-15-10-16(20)23-18(22-15)25-11-17(24)21-14-9-5-4-8-13(14)12-6-2-1-3-7-12/h1-10H,11H2,(H,21,24)(H4,19,20,22,23). The van der Waals surface area contributed by atoms with Crippen molar-refractivity contribution < 1.29 is 4.79 Å². The Labute approximate surface area is 149 Å². The molecule has 0 spiro atoms. The van der Waals surface area contributed by atoms with E-state index in [0.717, 1.165) is 16.8 Å². The van der Waals surface area contributed by atoms with Crippen molar-refractivity contribution in [1.29, 1.82) is 0 Å². The number of thioether (sulfide) groups is 1. The van der Waals surface area contributed by atoms with E-state index in [0.29, 0.717) is 5.16 Å². The van der Waals surface area contributed by atoms with E-state index in [1.54, 1.807) is 0 Å². The summed E-state index contributed by atoms with van der Waals surface area (Å²) in [6.45, 7) is 0. The van der Waals surface area contributed by atoms with Gasteiger partial charge in [0.05, 0.1) is 5.75 Å². The van der Waals surface area contributed by atoms with Crippen molar-refractivity contribution in [2.75, 3.05) is 22.5 Å². The third kappa shape index (κ3) is 4.48. The summed E-state index contributed by atoms with van der Waals surface area (Å²) < 4.78 is 0. The van der Waals surface area contributed by atoms with Gasteiger partial charge in [-0.1, -0.05) is 60.3 Å². The van der Waals surface area contributed by atoms with Crippen LogP contribution in [0.4, 0.5) is 17.3 Å². The summed E-state index contributed by atoms with van der Waals surface area (Å²) in [6.07, 6.45) is 0. The predicted octanol–water partition coefficient (Wildman–Crippen LogP) is 3.04. The largest absolute Gasteiger partial charge is 0.383 e. The van der Waals surface area contributed by atoms with Crippen LogP contribution in [0.25, 0.3) is 11.1 Å². The molecule has 126 valence electrons. The smallest absolute Gasteiger partial charge is 0.234 e. The van der Waals surface area contributed by atoms with Crippen LogP contribution in [0.3, 0.4) is 0 Å². The Kier molecular flexibility index (Phi) is 5.15. The number of carbonyl (C=O) groups is 1. The highest BCUT2D eigenvalue weighted by Gasteiger charge is 2.10. The van der Waals surface area contributed by atoms with E-state index in [-0.39, 0.29) is 23.3 Å². The molecule has 5 N–H and O–H groups in total. The number of hydrogen-bond donors (Lipinski definition) is 3. The summed E-state index contributed by atoms with van der Waals surface area (Å²) in [5, 5.41) is 3.31. The third-order valence-electron chi connectivity index (χ3n) is 3.36. The van der Waals surface area contributed by atoms with Crippen LogP contribution in [0.2, 0.25) is 0 Å². The lowest BCUT2D eigenvalue weighted by Crippen LogP contribution is -2.15. The Balaban J connectivity index is 1.69. The number of carbonyl (C=O) groups excluding carboxylic acids is 1. The fraction of sp³-hybridized carbons (Fsp3) is 0.0556. The molecule has 3 rings (SSSR count). The molecule has 25 heavy (non-hydrogen) atoms. The molecule has 0 saturated heterocycles. The van der Waals surface area contributed by atoms with Crippen molar-refractivity contribution in [2.24, 2.45) is 0 Å². The number of para-hydroxylation sites is 1. The molecule has 0 saturated carbocycles. The molecule has 2 aromatic carbocycles. The first kappa shape index (κ1) is 16.8. The van der Waals surface area contributed by atoms with Crippen molar-refractivity contribution in [3.8, 4) is 11.1 Å². The van der Waals surface area contributed by atoms with E-state index in [1.807, 2.05) is 54.6 Å². The molecule has 1 amide bonds. The van der Waals surface area contributed by atoms with Gasteiger partial charge in [0.25, 0.3) is 0 Å². The number of nitrogen functional groups attached to an aromatic ring is 2. The van der Waals surface area contributed by atoms with Crippen molar-refractivity contribution in [3.05, 3.63) is 60.7 Å². The topological polar surface area (TPSA) is 107 Å². The average Bonchev–Trinajstić information content (AvgIpc) is 2.60. The van der Waals surface area contributed by atoms with Crippen LogP contribution in [0.15, 0.2) is 65.8 Å². The van der Waals surface area contributed by atoms with E-state index in [4.69, 9.17) is 11.5 Å². The fourth-order valence-electron chi connectivity index (χ4n) is 2.30. The number of nitrogens with one attached hydrogen (secondary N) is 1. The predicted molar refractivity (Wildman–Crippen MR) is 102 cm³/mol. The molecule has 0 aliphatic rings. The molecular weight excluding hydrogens is 334 g/mol. The van der Waals surface area contributed by atoms with Crippen LogP contribution < -0.4 is 16.8 Å². The minimum Gasteiger partial charge on any atom is -0.383 e. The molecule has 7 heteroatoms. The van der Waals surface area contributed by atoms with E-state index < -0.39 is 0 Å². The second-order valence-electron chi connectivity index (χ2n) is 5.25. The van der Waals surface area contributed by atoms with Crippen LogP contribution >= 0.6 is 11.8 Å². The van der Waals surface area contributed by atoms with Gasteiger partial charge in [-0.05, 0) is 11.6 Å². The van der Waals surface area contributed by atoms with Crippen LogP contribution in [0.5, 0.6) is 0 Å². The van der Waals surface area contributed by atoms with E-state index in [1.165, 1.54) is 17.8 Å². The maximum Gasteiger partial charge on any atom is 0.234 e. The summed E-state index contributed by atoms with van der Waals surface area (Å²) in [5.41, 5.74) is 14.0. The first-order chi connectivity index (χ1) is 12.1. The summed E-state index contributed by atoms with van der Waals surface area (Å²) in [4.78, 5) is 20.4. The molecule has 1 aromatic heterocycles. The minimum absolute atomic E-state index is 0.155. The summed E-state index contributed by atoms with van der Waals surface area (Å²) in [7, 11) is 0. The lowest BCUT2D eigenvalue weighted by Gasteiger charge is -2.11. The highest BCUT2D eigenvalue weighted by Crippen LogP contribution is 2.27. The van der Waals surface area contributed by atoms with Gasteiger partial charge in [-0.2, -0.15) is 0 Å². The molecule has 0 bridgehead atoms. The Morgan fingerprint density at radius 3 is 2.32 bits per heavy atom. The van der Waals surface area contributed by atoms with Gasteiger partial charge in [0, 0.05) is 17.3 Å². The number of benzene rings is 2. The van der Waals surface area contributed by atoms with Gasteiger partial charge in [0.15, 0.2) is 5.16 Å². The van der Waals surface area contributed by atoms with Crippen LogP contribution in [-0.4, -0.2) is 21.6 Å². The highest BCUT2D eigenvalue weighted by molar-refractivity contribution is 7.99. The quantitative estimate of drug-likeness (QED) is 0.482. The highest BCUT2D eigenvalue weighted by atomic mass is 32.2. The zero-order valence-electron chi connectivity index (χ0n) is 13.3. The fourth-order valence-corrected chi connectivity index (χ4v) is 2.98. The van der Waals surface area contributed by atoms with Crippen LogP contribution in [0, 0.1) is 0 Å². The van der Waals surface area contributed by atoms with Crippen molar-refractivity contribution in [1.82, 2.24) is 9.97 Å². The van der Waals surface area contributed by atoms with Gasteiger partial charge < -0.3 is 16.8 Å². The zero-order chi connectivity index (χ0) is 17.6. The van der Waals surface area contributed by atoms with E-state index >= 15 is 0 Å². The molecule has 0 atom stereocenters. The van der Waals surface area contributed by atoms with Gasteiger partial charge in [-0.25, -0.2) is 9.97 Å². The number of nitrogens with two attached hydrogens (primary N) is 2. The number of rotatable bonds is 5. The van der Waals surface area contributed by atoms with Gasteiger partial charge in [-0.3, -0.25) is 4.79 Å². The second-order valence-corrected chi connectivity index (χ2v) is 6.19. The first-order valence-corrected chi connectivity index (χ1v) is 8.57. The van der Waals surface area contributed by atoms with E-state index in [2.05, 4.69) is 15.3 Å². The summed E-state index contributed by atoms with van der Waals surface area (Å²) >= 11 is 1.18. The van der Waals surface area contributed by atoms with E-state index in [9.17, 15) is 4.79 Å². The summed E-state index contributed by atoms with van der Waals surface area (Å²) in [6, 6.07) is 19.0. The molecule has 3 aromatic rings. The Bertz CT molecular complexity index is 865. The Morgan fingerprint density at radius 1 is 0.960 bits per heavy atom. The maximum absolute atomic E-state index is 12.3. The Hall–Kier alpha value is -3.06. The molecular formula is C18H17N5OS. The second kappa shape index (κ2) is 7.67. The maximum atomic E-state index is 12.3. The summed E-state index contributed by atoms with van der Waals surface area (Å²) in [5.74, 6) is 0.569. The number of hydrogen-bond acceptors (Lipinski definition) is 6. The molecule has 0 aliphatic heterocycles. The lowest BCUT2D eigenvalue weighted by atomic mass is 10.0. The molecule has 6 nitrogen and oxygen atoms in total. The lowest BCUT2D eigenvalue weighted by molar-refractivity contribution is -0.113. The molecule has 0 fully saturated rings. The van der Waals surface area contributed by atoms with Gasteiger partial charge in [0.2, 0.25) is 5.91 Å². The van der Waals surface area contributed by atoms with Crippen molar-refractivity contribution >= 4 is 35.0 Å². The number of nitrogens with zero attached hydrogens (tertiary/aromatic N) is 2. The van der Waals surface area contributed by atoms with Gasteiger partial charge in [0.1, 0.15) is 11.6 Å². The van der Waals surface area contributed by atoms with Crippen LogP contribution in [0.1, 0.15) is 0 Å². The minimum atomic E-state index is -0.155. The monoisotopic (exact) mass is 351 g/mol. The van der Waals surface area contributed by atoms with Gasteiger partial charge in [-0.15, -0.1) is 0 Å². The zero-order valence-corrected chi connectivity index (χ0v) is 14.2. The van der Waals surface area contributed by atoms with Crippen LogP contribution in [-0.2, 0) is 4.79 Å². The Morgan fingerprint density at radius 2 is 1.60 bits per heavy atom. The normalized spacial score (nSPS) is 10.4.